The van der Waals surface area contributed by atoms with Crippen molar-refractivity contribution in [3.63, 3.8) is 0 Å². The Hall–Kier alpha value is -2.21. The minimum absolute atomic E-state index is 0.127. The van der Waals surface area contributed by atoms with E-state index < -0.39 is 0 Å². The zero-order chi connectivity index (χ0) is 14.8. The van der Waals surface area contributed by atoms with E-state index in [1.54, 1.807) is 4.57 Å². The van der Waals surface area contributed by atoms with Gasteiger partial charge in [0.05, 0.1) is 0 Å². The molecule has 0 radical (unpaired) electrons. The number of aryl methyl sites for hydroxylation is 1. The van der Waals surface area contributed by atoms with Gasteiger partial charge < -0.3 is 5.32 Å². The van der Waals surface area contributed by atoms with Gasteiger partial charge in [-0.3, -0.25) is 19.1 Å². The quantitative estimate of drug-likeness (QED) is 0.886. The van der Waals surface area contributed by atoms with Crippen LogP contribution in [-0.2, 0) is 11.3 Å². The molecular formula is C15H15N3O2S. The van der Waals surface area contributed by atoms with Crippen molar-refractivity contribution in [1.29, 1.82) is 0 Å². The molecular weight excluding hydrogens is 286 g/mol. The fourth-order valence-electron chi connectivity index (χ4n) is 2.16. The number of aromatic nitrogens is 1. The molecule has 1 aromatic heterocycles. The first-order chi connectivity index (χ1) is 10.1. The lowest BCUT2D eigenvalue weighted by atomic mass is 10.2. The molecule has 0 atom stereocenters. The number of thiazole rings is 1. The summed E-state index contributed by atoms with van der Waals surface area (Å²) in [5, 5.41) is 2.76. The number of fused-ring (bicyclic) bond motifs is 1. The highest BCUT2D eigenvalue weighted by Gasteiger charge is 2.09. The molecule has 0 fully saturated rings. The Morgan fingerprint density at radius 2 is 2.14 bits per heavy atom. The van der Waals surface area contributed by atoms with Crippen molar-refractivity contribution >= 4 is 29.0 Å². The van der Waals surface area contributed by atoms with Gasteiger partial charge in [-0.1, -0.05) is 29.0 Å². The SMILES string of the molecule is Cc1ccc(NC(=O)C=c2sc3n(c2=O)CCCN=3)cc1. The van der Waals surface area contributed by atoms with Crippen LogP contribution in [0.2, 0.25) is 0 Å². The Kier molecular flexibility index (Phi) is 3.70. The van der Waals surface area contributed by atoms with Crippen LogP contribution in [0.5, 0.6) is 0 Å². The number of amides is 1. The number of rotatable bonds is 2. The Morgan fingerprint density at radius 3 is 2.86 bits per heavy atom. The molecule has 0 aliphatic carbocycles. The van der Waals surface area contributed by atoms with E-state index >= 15 is 0 Å². The molecule has 1 amide bonds. The standard InChI is InChI=1S/C15H15N3O2S/c1-10-3-5-11(6-4-10)17-13(19)9-12-14(20)18-8-2-7-16-15(18)21-12/h3-6,9H,2,7-8H2,1H3,(H,17,19). The molecule has 1 aromatic carbocycles. The maximum atomic E-state index is 12.1. The molecule has 2 aromatic rings. The molecule has 21 heavy (non-hydrogen) atoms. The van der Waals surface area contributed by atoms with Crippen molar-refractivity contribution < 1.29 is 4.79 Å². The summed E-state index contributed by atoms with van der Waals surface area (Å²) in [5.74, 6) is -0.296. The van der Waals surface area contributed by atoms with E-state index in [1.165, 1.54) is 17.4 Å². The van der Waals surface area contributed by atoms with Crippen LogP contribution in [-0.4, -0.2) is 17.0 Å². The molecule has 108 valence electrons. The zero-order valence-corrected chi connectivity index (χ0v) is 12.4. The lowest BCUT2D eigenvalue weighted by molar-refractivity contribution is -0.110. The third kappa shape index (κ3) is 2.95. The molecule has 0 bridgehead atoms. The smallest absolute Gasteiger partial charge is 0.270 e. The summed E-state index contributed by atoms with van der Waals surface area (Å²) in [6.07, 6.45) is 2.23. The maximum Gasteiger partial charge on any atom is 0.270 e. The van der Waals surface area contributed by atoms with Gasteiger partial charge in [-0.2, -0.15) is 0 Å². The highest BCUT2D eigenvalue weighted by molar-refractivity contribution is 7.07. The van der Waals surface area contributed by atoms with Gasteiger partial charge in [0.15, 0.2) is 4.80 Å². The van der Waals surface area contributed by atoms with Crippen LogP contribution in [0.4, 0.5) is 5.69 Å². The lowest BCUT2D eigenvalue weighted by Gasteiger charge is -2.03. The predicted octanol–water partition coefficient (Wildman–Crippen LogP) is 0.661. The Morgan fingerprint density at radius 1 is 1.38 bits per heavy atom. The van der Waals surface area contributed by atoms with E-state index in [9.17, 15) is 9.59 Å². The second-order valence-corrected chi connectivity index (χ2v) is 5.95. The number of anilines is 1. The summed E-state index contributed by atoms with van der Waals surface area (Å²) in [6.45, 7) is 3.41. The van der Waals surface area contributed by atoms with E-state index in [0.29, 0.717) is 21.6 Å². The van der Waals surface area contributed by atoms with Crippen LogP contribution >= 0.6 is 11.3 Å². The van der Waals surface area contributed by atoms with Gasteiger partial charge in [0.2, 0.25) is 5.91 Å². The van der Waals surface area contributed by atoms with E-state index in [1.807, 2.05) is 31.2 Å². The highest BCUT2D eigenvalue weighted by Crippen LogP contribution is 2.08. The Labute approximate surface area is 125 Å². The summed E-state index contributed by atoms with van der Waals surface area (Å²) in [4.78, 5) is 29.2. The Balaban J connectivity index is 1.88. The monoisotopic (exact) mass is 301 g/mol. The first-order valence-electron chi connectivity index (χ1n) is 6.77. The zero-order valence-electron chi connectivity index (χ0n) is 11.6. The van der Waals surface area contributed by atoms with E-state index in [0.717, 1.165) is 18.5 Å². The van der Waals surface area contributed by atoms with Crippen LogP contribution in [0, 0.1) is 6.92 Å². The molecule has 0 saturated heterocycles. The van der Waals surface area contributed by atoms with Gasteiger partial charge in [0.1, 0.15) is 4.53 Å². The minimum atomic E-state index is -0.296. The van der Waals surface area contributed by atoms with Crippen LogP contribution in [0.3, 0.4) is 0 Å². The van der Waals surface area contributed by atoms with Crippen LogP contribution in [0.1, 0.15) is 12.0 Å². The van der Waals surface area contributed by atoms with Gasteiger partial charge in [0, 0.05) is 24.9 Å². The van der Waals surface area contributed by atoms with E-state index in [2.05, 4.69) is 10.3 Å². The van der Waals surface area contributed by atoms with Crippen molar-refractivity contribution in [2.45, 2.75) is 19.9 Å². The first-order valence-corrected chi connectivity index (χ1v) is 7.58. The summed E-state index contributed by atoms with van der Waals surface area (Å²) in [7, 11) is 0. The van der Waals surface area contributed by atoms with E-state index in [4.69, 9.17) is 0 Å². The fourth-order valence-corrected chi connectivity index (χ4v) is 3.16. The molecule has 0 unspecified atom stereocenters. The summed E-state index contributed by atoms with van der Waals surface area (Å²) >= 11 is 1.27. The summed E-state index contributed by atoms with van der Waals surface area (Å²) in [5.41, 5.74) is 1.72. The second-order valence-electron chi connectivity index (χ2n) is 4.94. The second kappa shape index (κ2) is 5.65. The fraction of sp³-hybridized carbons (Fsp3) is 0.267. The third-order valence-electron chi connectivity index (χ3n) is 3.26. The molecule has 3 rings (SSSR count). The van der Waals surface area contributed by atoms with Crippen LogP contribution in [0.25, 0.3) is 6.08 Å². The van der Waals surface area contributed by atoms with Crippen molar-refractivity contribution in [3.8, 4) is 0 Å². The molecule has 5 nitrogen and oxygen atoms in total. The number of benzene rings is 1. The molecule has 1 N–H and O–H groups in total. The predicted molar refractivity (Wildman–Crippen MR) is 83.1 cm³/mol. The van der Waals surface area contributed by atoms with Crippen molar-refractivity contribution in [1.82, 2.24) is 4.57 Å². The van der Waals surface area contributed by atoms with Crippen molar-refractivity contribution in [2.75, 3.05) is 11.9 Å². The van der Waals surface area contributed by atoms with Gasteiger partial charge in [0.25, 0.3) is 5.56 Å². The van der Waals surface area contributed by atoms with Gasteiger partial charge in [-0.05, 0) is 25.5 Å². The molecule has 6 heteroatoms. The maximum absolute atomic E-state index is 12.1. The highest BCUT2D eigenvalue weighted by atomic mass is 32.1. The molecule has 1 aliphatic heterocycles. The van der Waals surface area contributed by atoms with Crippen LogP contribution in [0.15, 0.2) is 34.1 Å². The number of nitrogens with zero attached hydrogens (tertiary/aromatic N) is 2. The van der Waals surface area contributed by atoms with E-state index in [-0.39, 0.29) is 11.5 Å². The van der Waals surface area contributed by atoms with Crippen molar-refractivity contribution in [3.05, 3.63) is 49.5 Å². The number of hydrogen-bond acceptors (Lipinski definition) is 4. The number of carbonyl (C=O) groups excluding carboxylic acids is 1. The largest absolute Gasteiger partial charge is 0.322 e. The average molecular weight is 301 g/mol. The molecule has 2 heterocycles. The molecule has 1 aliphatic rings. The third-order valence-corrected chi connectivity index (χ3v) is 4.30. The topological polar surface area (TPSA) is 63.5 Å². The number of nitrogens with one attached hydrogen (secondary N) is 1. The minimum Gasteiger partial charge on any atom is -0.322 e. The molecule has 0 spiro atoms. The van der Waals surface area contributed by atoms with Gasteiger partial charge >= 0.3 is 0 Å². The van der Waals surface area contributed by atoms with Crippen LogP contribution < -0.4 is 20.2 Å². The Bertz CT molecular complexity index is 847. The summed E-state index contributed by atoms with van der Waals surface area (Å²) < 4.78 is 2.07. The van der Waals surface area contributed by atoms with Gasteiger partial charge in [-0.25, -0.2) is 0 Å². The molecule has 0 saturated carbocycles. The number of carbonyl (C=O) groups is 1. The average Bonchev–Trinajstić information content (AvgIpc) is 2.78. The summed E-state index contributed by atoms with van der Waals surface area (Å²) in [6, 6.07) is 7.52. The lowest BCUT2D eigenvalue weighted by Crippen LogP contribution is -2.34. The van der Waals surface area contributed by atoms with Crippen molar-refractivity contribution in [2.24, 2.45) is 4.99 Å². The first kappa shape index (κ1) is 13.8. The number of hydrogen-bond donors (Lipinski definition) is 1. The normalized spacial score (nSPS) is 14.4. The van der Waals surface area contributed by atoms with Gasteiger partial charge in [-0.15, -0.1) is 0 Å².